The number of rotatable bonds is 6. The van der Waals surface area contributed by atoms with Gasteiger partial charge in [-0.1, -0.05) is 47.0 Å². The van der Waals surface area contributed by atoms with Gasteiger partial charge < -0.3 is 5.32 Å². The standard InChI is InChI=1S/C20H39N/c1-5-7-17-8-9-18(14-21-6-2)20(13-17)19-11-15(3)10-16(4)12-19/h15-21H,5-14H2,1-4H3. The van der Waals surface area contributed by atoms with Gasteiger partial charge in [-0.05, 0) is 80.7 Å². The topological polar surface area (TPSA) is 12.0 Å². The fraction of sp³-hybridized carbons (Fsp3) is 1.00. The van der Waals surface area contributed by atoms with Gasteiger partial charge in [-0.25, -0.2) is 0 Å². The molecule has 0 saturated heterocycles. The SMILES string of the molecule is CCCC1CCC(CNCC)C(C2CC(C)CC(C)C2)C1. The van der Waals surface area contributed by atoms with E-state index in [2.05, 4.69) is 33.0 Å². The summed E-state index contributed by atoms with van der Waals surface area (Å²) in [5.74, 6) is 5.95. The van der Waals surface area contributed by atoms with Crippen LogP contribution in [0.25, 0.3) is 0 Å². The zero-order valence-electron chi connectivity index (χ0n) is 15.0. The van der Waals surface area contributed by atoms with Crippen molar-refractivity contribution in [3.63, 3.8) is 0 Å². The van der Waals surface area contributed by atoms with E-state index in [0.29, 0.717) is 0 Å². The van der Waals surface area contributed by atoms with Gasteiger partial charge in [0.1, 0.15) is 0 Å². The van der Waals surface area contributed by atoms with Gasteiger partial charge in [-0.3, -0.25) is 0 Å². The van der Waals surface area contributed by atoms with Crippen molar-refractivity contribution in [3.05, 3.63) is 0 Å². The Labute approximate surface area is 133 Å². The lowest BCUT2D eigenvalue weighted by Crippen LogP contribution is -2.39. The van der Waals surface area contributed by atoms with Crippen molar-refractivity contribution >= 4 is 0 Å². The van der Waals surface area contributed by atoms with Crippen LogP contribution >= 0.6 is 0 Å². The van der Waals surface area contributed by atoms with Gasteiger partial charge in [0.2, 0.25) is 0 Å². The van der Waals surface area contributed by atoms with Crippen LogP contribution in [0, 0.1) is 35.5 Å². The third-order valence-corrected chi connectivity index (χ3v) is 6.33. The second-order valence-corrected chi connectivity index (χ2v) is 8.38. The largest absolute Gasteiger partial charge is 0.317 e. The number of hydrogen-bond acceptors (Lipinski definition) is 1. The molecule has 1 nitrogen and oxygen atoms in total. The molecule has 1 N–H and O–H groups in total. The van der Waals surface area contributed by atoms with Crippen LogP contribution in [-0.2, 0) is 0 Å². The summed E-state index contributed by atoms with van der Waals surface area (Å²) in [6, 6.07) is 0. The first-order valence-corrected chi connectivity index (χ1v) is 9.84. The predicted octanol–water partition coefficient (Wildman–Crippen LogP) is 5.50. The van der Waals surface area contributed by atoms with Gasteiger partial charge in [0.15, 0.2) is 0 Å². The maximum absolute atomic E-state index is 3.66. The van der Waals surface area contributed by atoms with Gasteiger partial charge in [0.05, 0.1) is 0 Å². The molecule has 0 aromatic carbocycles. The van der Waals surface area contributed by atoms with E-state index < -0.39 is 0 Å². The summed E-state index contributed by atoms with van der Waals surface area (Å²) in [6.45, 7) is 12.0. The third kappa shape index (κ3) is 4.98. The molecule has 5 atom stereocenters. The predicted molar refractivity (Wildman–Crippen MR) is 93.4 cm³/mol. The van der Waals surface area contributed by atoms with Crippen LogP contribution < -0.4 is 5.32 Å². The lowest BCUT2D eigenvalue weighted by molar-refractivity contribution is 0.0638. The van der Waals surface area contributed by atoms with Crippen LogP contribution in [0.4, 0.5) is 0 Å². The van der Waals surface area contributed by atoms with Crippen molar-refractivity contribution in [2.45, 2.75) is 79.1 Å². The fourth-order valence-corrected chi connectivity index (χ4v) is 5.55. The molecule has 2 rings (SSSR count). The molecule has 0 bridgehead atoms. The highest BCUT2D eigenvalue weighted by Crippen LogP contribution is 2.46. The quantitative estimate of drug-likeness (QED) is 0.681. The molecule has 2 aliphatic rings. The molecule has 2 saturated carbocycles. The van der Waals surface area contributed by atoms with E-state index in [9.17, 15) is 0 Å². The van der Waals surface area contributed by atoms with E-state index in [1.165, 1.54) is 57.9 Å². The Balaban J connectivity index is 2.00. The molecule has 0 aliphatic heterocycles. The van der Waals surface area contributed by atoms with E-state index in [4.69, 9.17) is 0 Å². The summed E-state index contributed by atoms with van der Waals surface area (Å²) in [4.78, 5) is 0. The van der Waals surface area contributed by atoms with Crippen molar-refractivity contribution in [1.29, 1.82) is 0 Å². The molecule has 0 heterocycles. The molecule has 0 aromatic heterocycles. The number of nitrogens with one attached hydrogen (secondary N) is 1. The molecular formula is C20H39N. The Kier molecular flexibility index (Phi) is 7.05. The molecule has 1 heteroatoms. The van der Waals surface area contributed by atoms with E-state index in [0.717, 1.165) is 42.1 Å². The average Bonchev–Trinajstić information content (AvgIpc) is 2.45. The first-order chi connectivity index (χ1) is 10.1. The maximum Gasteiger partial charge on any atom is -0.00179 e. The lowest BCUT2D eigenvalue weighted by atomic mass is 9.62. The number of hydrogen-bond donors (Lipinski definition) is 1. The van der Waals surface area contributed by atoms with E-state index in [1.54, 1.807) is 0 Å². The maximum atomic E-state index is 3.66. The van der Waals surface area contributed by atoms with Crippen LogP contribution in [0.5, 0.6) is 0 Å². The molecule has 2 aliphatic carbocycles. The van der Waals surface area contributed by atoms with Gasteiger partial charge in [-0.2, -0.15) is 0 Å². The molecule has 2 fully saturated rings. The molecule has 21 heavy (non-hydrogen) atoms. The molecule has 0 amide bonds. The molecule has 0 spiro atoms. The van der Waals surface area contributed by atoms with Gasteiger partial charge in [-0.15, -0.1) is 0 Å². The molecular weight excluding hydrogens is 254 g/mol. The highest BCUT2D eigenvalue weighted by molar-refractivity contribution is 4.89. The van der Waals surface area contributed by atoms with E-state index in [-0.39, 0.29) is 0 Å². The summed E-state index contributed by atoms with van der Waals surface area (Å²) in [5.41, 5.74) is 0. The second kappa shape index (κ2) is 8.56. The summed E-state index contributed by atoms with van der Waals surface area (Å²) in [7, 11) is 0. The first kappa shape index (κ1) is 17.3. The van der Waals surface area contributed by atoms with Crippen molar-refractivity contribution in [1.82, 2.24) is 5.32 Å². The Morgan fingerprint density at radius 1 is 0.905 bits per heavy atom. The Bertz CT molecular complexity index is 278. The molecule has 0 radical (unpaired) electrons. The highest BCUT2D eigenvalue weighted by atomic mass is 14.8. The fourth-order valence-electron chi connectivity index (χ4n) is 5.55. The minimum atomic E-state index is 0.959. The molecule has 0 aromatic rings. The Morgan fingerprint density at radius 3 is 2.24 bits per heavy atom. The van der Waals surface area contributed by atoms with Gasteiger partial charge in [0, 0.05) is 0 Å². The summed E-state index contributed by atoms with van der Waals surface area (Å²) in [5, 5.41) is 3.66. The zero-order chi connectivity index (χ0) is 15.2. The van der Waals surface area contributed by atoms with Gasteiger partial charge in [0.25, 0.3) is 0 Å². The average molecular weight is 294 g/mol. The second-order valence-electron chi connectivity index (χ2n) is 8.38. The van der Waals surface area contributed by atoms with Crippen LogP contribution in [0.15, 0.2) is 0 Å². The van der Waals surface area contributed by atoms with Crippen LogP contribution in [-0.4, -0.2) is 13.1 Å². The Morgan fingerprint density at radius 2 is 1.62 bits per heavy atom. The minimum absolute atomic E-state index is 0.959. The highest BCUT2D eigenvalue weighted by Gasteiger charge is 2.37. The van der Waals surface area contributed by atoms with Crippen LogP contribution in [0.3, 0.4) is 0 Å². The molecule has 5 unspecified atom stereocenters. The minimum Gasteiger partial charge on any atom is -0.317 e. The van der Waals surface area contributed by atoms with Gasteiger partial charge >= 0.3 is 0 Å². The normalized spacial score (nSPS) is 41.1. The Hall–Kier alpha value is -0.0400. The summed E-state index contributed by atoms with van der Waals surface area (Å²) in [6.07, 6.45) is 11.9. The van der Waals surface area contributed by atoms with E-state index in [1.807, 2.05) is 0 Å². The third-order valence-electron chi connectivity index (χ3n) is 6.33. The summed E-state index contributed by atoms with van der Waals surface area (Å²) >= 11 is 0. The first-order valence-electron chi connectivity index (χ1n) is 9.84. The lowest BCUT2D eigenvalue weighted by Gasteiger charge is -2.44. The van der Waals surface area contributed by atoms with Crippen molar-refractivity contribution in [2.24, 2.45) is 35.5 Å². The molecule has 124 valence electrons. The van der Waals surface area contributed by atoms with E-state index >= 15 is 0 Å². The zero-order valence-corrected chi connectivity index (χ0v) is 15.0. The van der Waals surface area contributed by atoms with Crippen molar-refractivity contribution in [3.8, 4) is 0 Å². The van der Waals surface area contributed by atoms with Crippen LogP contribution in [0.1, 0.15) is 79.1 Å². The van der Waals surface area contributed by atoms with Crippen molar-refractivity contribution < 1.29 is 0 Å². The smallest absolute Gasteiger partial charge is 0.00179 e. The summed E-state index contributed by atoms with van der Waals surface area (Å²) < 4.78 is 0. The van der Waals surface area contributed by atoms with Crippen molar-refractivity contribution in [2.75, 3.05) is 13.1 Å². The monoisotopic (exact) mass is 293 g/mol. The van der Waals surface area contributed by atoms with Crippen LogP contribution in [0.2, 0.25) is 0 Å².